The van der Waals surface area contributed by atoms with Crippen LogP contribution in [0, 0.1) is 5.82 Å². The molecule has 1 N–H and O–H groups in total. The maximum atomic E-state index is 13.6. The van der Waals surface area contributed by atoms with Crippen LogP contribution in [0.3, 0.4) is 0 Å². The van der Waals surface area contributed by atoms with E-state index in [4.69, 9.17) is 4.74 Å². The van der Waals surface area contributed by atoms with E-state index in [9.17, 15) is 22.4 Å². The highest BCUT2D eigenvalue weighted by Crippen LogP contribution is 2.31. The van der Waals surface area contributed by atoms with Crippen LogP contribution < -0.4 is 5.32 Å². The summed E-state index contributed by atoms with van der Waals surface area (Å²) in [7, 11) is -3.10. The fourth-order valence-corrected chi connectivity index (χ4v) is 5.70. The molecule has 0 unspecified atom stereocenters. The molecule has 2 aromatic rings. The van der Waals surface area contributed by atoms with Gasteiger partial charge in [0.1, 0.15) is 5.82 Å². The number of halogens is 1. The Morgan fingerprint density at radius 1 is 1.23 bits per heavy atom. The maximum absolute atomic E-state index is 13.6. The highest BCUT2D eigenvalue weighted by molar-refractivity contribution is 7.91. The molecule has 8 nitrogen and oxygen atoms in total. The topological polar surface area (TPSA) is 107 Å². The summed E-state index contributed by atoms with van der Waals surface area (Å²) >= 11 is 0. The summed E-state index contributed by atoms with van der Waals surface area (Å²) in [6.45, 7) is -0.577. The first-order valence-electron chi connectivity index (χ1n) is 9.86. The first-order chi connectivity index (χ1) is 14.3. The minimum atomic E-state index is -3.10. The Morgan fingerprint density at radius 2 is 2.00 bits per heavy atom. The van der Waals surface area contributed by atoms with Gasteiger partial charge in [-0.05, 0) is 44.2 Å². The van der Waals surface area contributed by atoms with E-state index in [0.29, 0.717) is 12.8 Å². The first-order valence-corrected chi connectivity index (χ1v) is 11.7. The summed E-state index contributed by atoms with van der Waals surface area (Å²) in [5.74, 6) is -1.86. The largest absolute Gasteiger partial charge is 0.451 e. The Bertz CT molecular complexity index is 1100. The van der Waals surface area contributed by atoms with Gasteiger partial charge in [-0.1, -0.05) is 12.1 Å². The van der Waals surface area contributed by atoms with E-state index >= 15 is 0 Å². The van der Waals surface area contributed by atoms with E-state index in [-0.39, 0.29) is 28.9 Å². The molecule has 2 heterocycles. The highest BCUT2D eigenvalue weighted by atomic mass is 32.2. The molecule has 4 rings (SSSR count). The number of nitrogens with zero attached hydrogens (tertiary/aromatic N) is 2. The van der Waals surface area contributed by atoms with E-state index < -0.39 is 34.1 Å². The van der Waals surface area contributed by atoms with Crippen molar-refractivity contribution >= 4 is 27.4 Å². The number of nitrogens with one attached hydrogen (secondary N) is 1. The molecule has 0 radical (unpaired) electrons. The third-order valence-electron chi connectivity index (χ3n) is 5.44. The van der Waals surface area contributed by atoms with Crippen LogP contribution in [-0.4, -0.2) is 48.2 Å². The molecule has 1 saturated heterocycles. The van der Waals surface area contributed by atoms with E-state index in [2.05, 4.69) is 10.4 Å². The molecule has 160 valence electrons. The molecule has 10 heteroatoms. The number of para-hydroxylation sites is 1. The van der Waals surface area contributed by atoms with Gasteiger partial charge in [0, 0.05) is 11.3 Å². The van der Waals surface area contributed by atoms with Gasteiger partial charge in [-0.2, -0.15) is 5.10 Å². The standard InChI is InChI=1S/C20H22FN3O5S/c21-15-6-2-3-7-16(15)22-18(25)11-29-20(26)19-14-5-1-4-8-17(14)24(23-19)13-9-10-30(27,28)12-13/h2-3,6-7,13H,1,4-5,8-12H2,(H,22,25)/t13-/m1/s1. The zero-order chi connectivity index (χ0) is 21.3. The van der Waals surface area contributed by atoms with Crippen LogP contribution in [0.4, 0.5) is 10.1 Å². The molecule has 1 fully saturated rings. The van der Waals surface area contributed by atoms with Crippen LogP contribution in [-0.2, 0) is 32.2 Å². The number of fused-ring (bicyclic) bond motifs is 1. The van der Waals surface area contributed by atoms with E-state index in [1.807, 2.05) is 0 Å². The van der Waals surface area contributed by atoms with Crippen LogP contribution in [0.25, 0.3) is 0 Å². The van der Waals surface area contributed by atoms with Gasteiger partial charge in [0.05, 0.1) is 23.2 Å². The number of ether oxygens (including phenoxy) is 1. The van der Waals surface area contributed by atoms with Crippen LogP contribution in [0.5, 0.6) is 0 Å². The van der Waals surface area contributed by atoms with Crippen molar-refractivity contribution in [2.75, 3.05) is 23.4 Å². The Kier molecular flexibility index (Phi) is 5.59. The lowest BCUT2D eigenvalue weighted by Crippen LogP contribution is -2.22. The maximum Gasteiger partial charge on any atom is 0.359 e. The minimum Gasteiger partial charge on any atom is -0.451 e. The van der Waals surface area contributed by atoms with Crippen molar-refractivity contribution in [1.82, 2.24) is 9.78 Å². The Hall–Kier alpha value is -2.75. The van der Waals surface area contributed by atoms with Gasteiger partial charge in [-0.15, -0.1) is 0 Å². The molecule has 1 aliphatic carbocycles. The Morgan fingerprint density at radius 3 is 2.73 bits per heavy atom. The lowest BCUT2D eigenvalue weighted by molar-refractivity contribution is -0.119. The number of hydrogen-bond donors (Lipinski definition) is 1. The van der Waals surface area contributed by atoms with Crippen LogP contribution in [0.15, 0.2) is 24.3 Å². The van der Waals surface area contributed by atoms with Crippen molar-refractivity contribution in [3.05, 3.63) is 47.0 Å². The number of amides is 1. The summed E-state index contributed by atoms with van der Waals surface area (Å²) in [6, 6.07) is 5.41. The van der Waals surface area contributed by atoms with Gasteiger partial charge in [0.25, 0.3) is 5.91 Å². The number of hydrogen-bond acceptors (Lipinski definition) is 6. The fraction of sp³-hybridized carbons (Fsp3) is 0.450. The summed E-state index contributed by atoms with van der Waals surface area (Å²) < 4.78 is 44.2. The molecule has 0 spiro atoms. The van der Waals surface area contributed by atoms with E-state index in [0.717, 1.165) is 30.5 Å². The van der Waals surface area contributed by atoms with Crippen molar-refractivity contribution in [2.45, 2.75) is 38.1 Å². The molecule has 0 saturated carbocycles. The van der Waals surface area contributed by atoms with Gasteiger partial charge < -0.3 is 10.1 Å². The molecular formula is C20H22FN3O5S. The average molecular weight is 435 g/mol. The predicted octanol–water partition coefficient (Wildman–Crippen LogP) is 2.06. The summed E-state index contributed by atoms with van der Waals surface area (Å²) in [4.78, 5) is 24.7. The van der Waals surface area contributed by atoms with Gasteiger partial charge in [0.15, 0.2) is 22.1 Å². The lowest BCUT2D eigenvalue weighted by Gasteiger charge is -2.17. The van der Waals surface area contributed by atoms with Crippen LogP contribution in [0.2, 0.25) is 0 Å². The number of anilines is 1. The zero-order valence-corrected chi connectivity index (χ0v) is 17.1. The summed E-state index contributed by atoms with van der Waals surface area (Å²) in [5.41, 5.74) is 1.78. The second-order valence-electron chi connectivity index (χ2n) is 7.59. The minimum absolute atomic E-state index is 0.00245. The monoisotopic (exact) mass is 435 g/mol. The molecule has 2 aliphatic rings. The van der Waals surface area contributed by atoms with Crippen LogP contribution in [0.1, 0.15) is 47.1 Å². The number of esters is 1. The Labute approximate surface area is 173 Å². The number of carbonyl (C=O) groups is 2. The highest BCUT2D eigenvalue weighted by Gasteiger charge is 2.34. The number of rotatable bonds is 5. The van der Waals surface area contributed by atoms with Crippen molar-refractivity contribution in [3.8, 4) is 0 Å². The van der Waals surface area contributed by atoms with Gasteiger partial charge in [-0.3, -0.25) is 9.48 Å². The van der Waals surface area contributed by atoms with Crippen molar-refractivity contribution in [2.24, 2.45) is 0 Å². The van der Waals surface area contributed by atoms with Crippen molar-refractivity contribution < 1.29 is 27.1 Å². The normalized spacial score (nSPS) is 19.8. The quantitative estimate of drug-likeness (QED) is 0.721. The molecule has 1 aromatic carbocycles. The lowest BCUT2D eigenvalue weighted by atomic mass is 9.95. The second-order valence-corrected chi connectivity index (χ2v) is 9.82. The second kappa shape index (κ2) is 8.17. The predicted molar refractivity (Wildman–Crippen MR) is 106 cm³/mol. The Balaban J connectivity index is 1.47. The smallest absolute Gasteiger partial charge is 0.359 e. The molecule has 0 bridgehead atoms. The van der Waals surface area contributed by atoms with Crippen LogP contribution >= 0.6 is 0 Å². The molecule has 1 amide bonds. The van der Waals surface area contributed by atoms with Crippen molar-refractivity contribution in [3.63, 3.8) is 0 Å². The number of carbonyl (C=O) groups excluding carboxylic acids is 2. The third-order valence-corrected chi connectivity index (χ3v) is 7.19. The molecule has 1 aromatic heterocycles. The number of aromatic nitrogens is 2. The number of benzene rings is 1. The van der Waals surface area contributed by atoms with Gasteiger partial charge >= 0.3 is 5.97 Å². The van der Waals surface area contributed by atoms with E-state index in [1.54, 1.807) is 10.7 Å². The van der Waals surface area contributed by atoms with Gasteiger partial charge in [0.2, 0.25) is 0 Å². The first kappa shape index (κ1) is 20.5. The third kappa shape index (κ3) is 4.23. The van der Waals surface area contributed by atoms with Crippen molar-refractivity contribution in [1.29, 1.82) is 0 Å². The average Bonchev–Trinajstić information content (AvgIpc) is 3.28. The van der Waals surface area contributed by atoms with Gasteiger partial charge in [-0.25, -0.2) is 17.6 Å². The molecule has 30 heavy (non-hydrogen) atoms. The summed E-state index contributed by atoms with van der Waals surface area (Å²) in [5, 5.41) is 6.76. The SMILES string of the molecule is O=C(COC(=O)c1nn([C@@H]2CCS(=O)(=O)C2)c2c1CCCC2)Nc1ccccc1F. The summed E-state index contributed by atoms with van der Waals surface area (Å²) in [6.07, 6.45) is 3.68. The van der Waals surface area contributed by atoms with E-state index in [1.165, 1.54) is 18.2 Å². The molecular weight excluding hydrogens is 413 g/mol. The fourth-order valence-electron chi connectivity index (χ4n) is 4.01. The zero-order valence-electron chi connectivity index (χ0n) is 16.3. The molecule has 1 aliphatic heterocycles. The number of sulfone groups is 1. The molecule has 1 atom stereocenters.